The number of rotatable bonds is 49. The van der Waals surface area contributed by atoms with Crippen molar-refractivity contribution in [3.8, 4) is 0 Å². The van der Waals surface area contributed by atoms with E-state index < -0.39 is 11.8 Å². The van der Waals surface area contributed by atoms with Crippen molar-refractivity contribution in [3.63, 3.8) is 0 Å². The van der Waals surface area contributed by atoms with Crippen molar-refractivity contribution in [1.82, 2.24) is 0 Å². The molecule has 0 saturated heterocycles. The molecule has 0 aliphatic carbocycles. The fraction of sp³-hybridized carbons (Fsp3) is 0.818. The van der Waals surface area contributed by atoms with Crippen LogP contribution in [-0.2, 0) is 66.4 Å². The quantitative estimate of drug-likeness (QED) is 0.0349. The lowest BCUT2D eigenvalue weighted by atomic mass is 10.1. The molecule has 344 valence electrons. The summed E-state index contributed by atoms with van der Waals surface area (Å²) in [6, 6.07) is 8.27. The number of carbonyl (C=O) groups is 2. The Balaban J connectivity index is 1.63. The fourth-order valence-electron chi connectivity index (χ4n) is 5.18. The molecule has 15 nitrogen and oxygen atoms in total. The van der Waals surface area contributed by atoms with Crippen LogP contribution in [0.5, 0.6) is 0 Å². The van der Waals surface area contributed by atoms with Crippen molar-refractivity contribution in [2.24, 2.45) is 0 Å². The summed E-state index contributed by atoms with van der Waals surface area (Å²) in [7, 11) is 0. The van der Waals surface area contributed by atoms with Gasteiger partial charge in [-0.2, -0.15) is 0 Å². The van der Waals surface area contributed by atoms with Gasteiger partial charge in [0, 0.05) is 12.2 Å². The van der Waals surface area contributed by atoms with Gasteiger partial charge in [-0.1, -0.05) is 95.0 Å². The Morgan fingerprint density at radius 2 is 0.576 bits per heavy atom. The van der Waals surface area contributed by atoms with Gasteiger partial charge >= 0.3 is 5.97 Å². The van der Waals surface area contributed by atoms with Crippen LogP contribution in [0.4, 0.5) is 0 Å². The minimum absolute atomic E-state index is 0.00334. The lowest BCUT2D eigenvalue weighted by Crippen LogP contribution is -2.20. The lowest BCUT2D eigenvalue weighted by molar-refractivity contribution is -0.139. The molecule has 0 fully saturated rings. The van der Waals surface area contributed by atoms with E-state index in [2.05, 4.69) is 6.92 Å². The number of benzene rings is 1. The number of esters is 1. The number of ketones is 1. The monoisotopic (exact) mass is 847 g/mol. The van der Waals surface area contributed by atoms with Crippen molar-refractivity contribution in [2.75, 3.05) is 165 Å². The van der Waals surface area contributed by atoms with Crippen molar-refractivity contribution in [3.05, 3.63) is 35.9 Å². The summed E-state index contributed by atoms with van der Waals surface area (Å²) in [5.41, 5.74) is 0.296. The van der Waals surface area contributed by atoms with Crippen LogP contribution in [0.2, 0.25) is 0 Å². The summed E-state index contributed by atoms with van der Waals surface area (Å²) in [4.78, 5) is 23.7. The van der Waals surface area contributed by atoms with E-state index >= 15 is 0 Å². The minimum atomic E-state index is -0.897. The van der Waals surface area contributed by atoms with E-state index in [4.69, 9.17) is 61.6 Å². The van der Waals surface area contributed by atoms with Gasteiger partial charge in [0.25, 0.3) is 5.78 Å². The summed E-state index contributed by atoms with van der Waals surface area (Å²) in [6.07, 6.45) is 13.4. The molecule has 0 radical (unpaired) electrons. The van der Waals surface area contributed by atoms with Crippen molar-refractivity contribution < 1.29 is 71.2 Å². The topological polar surface area (TPSA) is 154 Å². The molecule has 0 N–H and O–H groups in total. The van der Waals surface area contributed by atoms with Crippen LogP contribution in [0.3, 0.4) is 0 Å². The Bertz CT molecular complexity index is 1000. The second-order valence-corrected chi connectivity index (χ2v) is 13.4. The molecular formula is C44H78O15. The Hall–Kier alpha value is -2.12. The van der Waals surface area contributed by atoms with Gasteiger partial charge in [-0.25, -0.2) is 4.79 Å². The zero-order valence-electron chi connectivity index (χ0n) is 36.3. The number of hydrogen-bond acceptors (Lipinski definition) is 15. The van der Waals surface area contributed by atoms with E-state index in [9.17, 15) is 9.59 Å². The number of carbonyl (C=O) groups excluding carboxylic acids is 2. The predicted molar refractivity (Wildman–Crippen MR) is 223 cm³/mol. The van der Waals surface area contributed by atoms with Crippen LogP contribution >= 0.6 is 0 Å². The number of unbranched alkanes of at least 4 members (excludes halogenated alkanes) is 9. The third-order valence-corrected chi connectivity index (χ3v) is 8.42. The summed E-state index contributed by atoms with van der Waals surface area (Å²) >= 11 is 0. The zero-order chi connectivity index (χ0) is 42.2. The standard InChI is InChI=1S/C44H78O15/c1-2-3-4-5-6-7-8-9-10-14-17-47-18-19-48-20-21-49-22-23-50-24-25-51-26-27-52-28-29-53-30-31-54-32-33-55-34-35-56-36-37-57-38-39-58-40-41-59-44(46)43(45)42-15-12-11-13-16-42/h11-13,15-16H,2-10,14,17-41H2,1H3. The molecule has 15 heteroatoms. The third-order valence-electron chi connectivity index (χ3n) is 8.42. The highest BCUT2D eigenvalue weighted by molar-refractivity contribution is 6.40. The molecule has 0 aliphatic heterocycles. The van der Waals surface area contributed by atoms with Gasteiger partial charge in [0.2, 0.25) is 0 Å². The molecule has 0 atom stereocenters. The lowest BCUT2D eigenvalue weighted by Gasteiger charge is -2.09. The Kier molecular flexibility index (Phi) is 43.7. The SMILES string of the molecule is CCCCCCCCCCCCOCCOCCOCCOCCOCCOCCOCCOCCOCCOCCOCCOCCOC(=O)C(=O)c1ccccc1. The van der Waals surface area contributed by atoms with Crippen molar-refractivity contribution in [2.45, 2.75) is 71.1 Å². The molecule has 0 heterocycles. The summed E-state index contributed by atoms with van der Waals surface area (Å²) < 4.78 is 70.9. The van der Waals surface area contributed by atoms with E-state index in [-0.39, 0.29) is 13.2 Å². The Morgan fingerprint density at radius 1 is 0.322 bits per heavy atom. The van der Waals surface area contributed by atoms with Crippen LogP contribution < -0.4 is 0 Å². The van der Waals surface area contributed by atoms with E-state index in [1.165, 1.54) is 57.8 Å². The number of Topliss-reactive ketones (excluding diaryl/α,β-unsaturated/α-hetero) is 1. The second kappa shape index (κ2) is 46.9. The zero-order valence-corrected chi connectivity index (χ0v) is 36.3. The molecule has 1 aromatic rings. The summed E-state index contributed by atoms with van der Waals surface area (Å²) in [5.74, 6) is -1.57. The van der Waals surface area contributed by atoms with Crippen LogP contribution in [0.25, 0.3) is 0 Å². The number of ether oxygens (including phenoxy) is 13. The van der Waals surface area contributed by atoms with Gasteiger partial charge in [0.05, 0.1) is 152 Å². The first-order valence-electron chi connectivity index (χ1n) is 21.9. The maximum absolute atomic E-state index is 11.9. The van der Waals surface area contributed by atoms with E-state index in [0.29, 0.717) is 151 Å². The van der Waals surface area contributed by atoms with Crippen LogP contribution in [0, 0.1) is 0 Å². The van der Waals surface area contributed by atoms with Gasteiger partial charge in [-0.15, -0.1) is 0 Å². The van der Waals surface area contributed by atoms with Crippen LogP contribution in [-0.4, -0.2) is 177 Å². The molecule has 0 aromatic heterocycles. The molecule has 0 unspecified atom stereocenters. The maximum Gasteiger partial charge on any atom is 0.379 e. The largest absolute Gasteiger partial charge is 0.457 e. The highest BCUT2D eigenvalue weighted by Crippen LogP contribution is 2.10. The fourth-order valence-corrected chi connectivity index (χ4v) is 5.18. The van der Waals surface area contributed by atoms with E-state index in [1.807, 2.05) is 0 Å². The molecule has 59 heavy (non-hydrogen) atoms. The Labute approximate surface area is 354 Å². The van der Waals surface area contributed by atoms with E-state index in [0.717, 1.165) is 13.0 Å². The molecule has 1 rings (SSSR count). The summed E-state index contributed by atoms with van der Waals surface area (Å²) in [5, 5.41) is 0. The van der Waals surface area contributed by atoms with Gasteiger partial charge in [-0.3, -0.25) is 4.79 Å². The Morgan fingerprint density at radius 3 is 0.881 bits per heavy atom. The highest BCUT2D eigenvalue weighted by atomic mass is 16.6. The van der Waals surface area contributed by atoms with Gasteiger partial charge < -0.3 is 61.6 Å². The minimum Gasteiger partial charge on any atom is -0.457 e. The maximum atomic E-state index is 11.9. The molecule has 1 aromatic carbocycles. The first kappa shape index (κ1) is 54.9. The summed E-state index contributed by atoms with van der Waals surface area (Å²) in [6.45, 7) is 14.1. The van der Waals surface area contributed by atoms with Crippen molar-refractivity contribution in [1.29, 1.82) is 0 Å². The van der Waals surface area contributed by atoms with Crippen molar-refractivity contribution >= 4 is 11.8 Å². The van der Waals surface area contributed by atoms with Crippen LogP contribution in [0.15, 0.2) is 30.3 Å². The van der Waals surface area contributed by atoms with Crippen LogP contribution in [0.1, 0.15) is 81.5 Å². The van der Waals surface area contributed by atoms with Gasteiger partial charge in [0.15, 0.2) is 0 Å². The van der Waals surface area contributed by atoms with E-state index in [1.54, 1.807) is 30.3 Å². The third kappa shape index (κ3) is 41.0. The molecular weight excluding hydrogens is 768 g/mol. The average Bonchev–Trinajstić information content (AvgIpc) is 3.26. The number of hydrogen-bond donors (Lipinski definition) is 0. The predicted octanol–water partition coefficient (Wildman–Crippen LogP) is 5.53. The molecule has 0 saturated carbocycles. The first-order chi connectivity index (χ1) is 29.3. The second-order valence-electron chi connectivity index (χ2n) is 13.4. The van der Waals surface area contributed by atoms with Gasteiger partial charge in [-0.05, 0) is 6.42 Å². The average molecular weight is 847 g/mol. The molecule has 0 spiro atoms. The molecule has 0 amide bonds. The first-order valence-corrected chi connectivity index (χ1v) is 21.9. The normalized spacial score (nSPS) is 11.4. The molecule has 0 bridgehead atoms. The highest BCUT2D eigenvalue weighted by Gasteiger charge is 2.17. The van der Waals surface area contributed by atoms with Gasteiger partial charge in [0.1, 0.15) is 6.61 Å². The smallest absolute Gasteiger partial charge is 0.379 e. The molecule has 0 aliphatic rings.